The van der Waals surface area contributed by atoms with Crippen molar-refractivity contribution in [2.45, 2.75) is 52.6 Å². The Balaban J connectivity index is 1.75. The van der Waals surface area contributed by atoms with Crippen molar-refractivity contribution in [1.82, 2.24) is 19.7 Å². The molecule has 2 aromatic heterocycles. The standard InChI is InChI=1S/C19H27ClN6O2/c1-11-5-8-28-17-15(23-18-21-9-13(20)16(22-11)24-18)12(2)26(25-17)14-6-7-27-10-19(14,3)4/h9,11,14H,5-8,10H2,1-4H3,(H2,21,22,23,24)/t11-,14?/m1/s1. The molecule has 2 aliphatic rings. The summed E-state index contributed by atoms with van der Waals surface area (Å²) < 4.78 is 13.8. The Hall–Kier alpha value is -2.06. The van der Waals surface area contributed by atoms with Gasteiger partial charge in [0.2, 0.25) is 5.95 Å². The van der Waals surface area contributed by atoms with Gasteiger partial charge in [0.05, 0.1) is 31.1 Å². The van der Waals surface area contributed by atoms with Crippen LogP contribution in [-0.4, -0.2) is 45.6 Å². The quantitative estimate of drug-likeness (QED) is 0.741. The second-order valence-corrected chi connectivity index (χ2v) is 8.66. The second-order valence-electron chi connectivity index (χ2n) is 8.25. The van der Waals surface area contributed by atoms with E-state index in [9.17, 15) is 0 Å². The third-order valence-corrected chi connectivity index (χ3v) is 5.76. The van der Waals surface area contributed by atoms with Crippen molar-refractivity contribution in [3.8, 4) is 5.88 Å². The van der Waals surface area contributed by atoms with Crippen LogP contribution >= 0.6 is 11.6 Å². The van der Waals surface area contributed by atoms with Crippen molar-refractivity contribution >= 4 is 29.1 Å². The van der Waals surface area contributed by atoms with Crippen molar-refractivity contribution in [1.29, 1.82) is 0 Å². The first-order valence-electron chi connectivity index (χ1n) is 9.71. The lowest BCUT2D eigenvalue weighted by atomic mass is 9.82. The lowest BCUT2D eigenvalue weighted by Crippen LogP contribution is -2.37. The van der Waals surface area contributed by atoms with Gasteiger partial charge in [-0.2, -0.15) is 4.98 Å². The molecular formula is C19H27ClN6O2. The van der Waals surface area contributed by atoms with E-state index >= 15 is 0 Å². The number of halogens is 1. The predicted octanol–water partition coefficient (Wildman–Crippen LogP) is 3.95. The molecule has 4 rings (SSSR count). The number of nitrogens with one attached hydrogen (secondary N) is 2. The summed E-state index contributed by atoms with van der Waals surface area (Å²) in [4.78, 5) is 8.86. The molecule has 9 heteroatoms. The van der Waals surface area contributed by atoms with Gasteiger partial charge in [-0.25, -0.2) is 4.98 Å². The molecule has 152 valence electrons. The fraction of sp³-hybridized carbons (Fsp3) is 0.632. The maximum absolute atomic E-state index is 6.25. The Morgan fingerprint density at radius 2 is 2.11 bits per heavy atom. The zero-order valence-electron chi connectivity index (χ0n) is 16.8. The highest BCUT2D eigenvalue weighted by atomic mass is 35.5. The molecule has 1 fully saturated rings. The van der Waals surface area contributed by atoms with Gasteiger partial charge in [-0.15, -0.1) is 5.10 Å². The Bertz CT molecular complexity index is 868. The summed E-state index contributed by atoms with van der Waals surface area (Å²) in [6, 6.07) is 0.383. The largest absolute Gasteiger partial charge is 0.475 e. The van der Waals surface area contributed by atoms with Crippen LogP contribution in [0, 0.1) is 12.3 Å². The first kappa shape index (κ1) is 19.3. The number of anilines is 3. The first-order valence-corrected chi connectivity index (χ1v) is 10.1. The van der Waals surface area contributed by atoms with E-state index in [2.05, 4.69) is 46.1 Å². The maximum atomic E-state index is 6.25. The first-order chi connectivity index (χ1) is 13.3. The number of fused-ring (bicyclic) bond motifs is 3. The Kier molecular flexibility index (Phi) is 5.09. The molecule has 0 aliphatic carbocycles. The summed E-state index contributed by atoms with van der Waals surface area (Å²) in [7, 11) is 0. The van der Waals surface area contributed by atoms with Gasteiger partial charge in [-0.3, -0.25) is 4.68 Å². The van der Waals surface area contributed by atoms with E-state index in [-0.39, 0.29) is 17.5 Å². The van der Waals surface area contributed by atoms with Crippen LogP contribution in [0.5, 0.6) is 5.88 Å². The van der Waals surface area contributed by atoms with Gasteiger partial charge in [-0.1, -0.05) is 25.4 Å². The molecule has 0 amide bonds. The highest BCUT2D eigenvalue weighted by Gasteiger charge is 2.37. The average molecular weight is 407 g/mol. The smallest absolute Gasteiger partial charge is 0.257 e. The molecule has 2 atom stereocenters. The number of rotatable bonds is 1. The minimum atomic E-state index is -0.0165. The summed E-state index contributed by atoms with van der Waals surface area (Å²) in [5.41, 5.74) is 1.78. The van der Waals surface area contributed by atoms with Crippen molar-refractivity contribution in [2.75, 3.05) is 30.5 Å². The molecule has 28 heavy (non-hydrogen) atoms. The minimum absolute atomic E-state index is 0.0165. The summed E-state index contributed by atoms with van der Waals surface area (Å²) >= 11 is 6.25. The van der Waals surface area contributed by atoms with Crippen molar-refractivity contribution in [3.05, 3.63) is 16.9 Å². The van der Waals surface area contributed by atoms with Crippen molar-refractivity contribution in [2.24, 2.45) is 5.41 Å². The molecule has 2 bridgehead atoms. The topological polar surface area (TPSA) is 86.1 Å². The normalized spacial score (nSPS) is 24.2. The van der Waals surface area contributed by atoms with E-state index in [1.165, 1.54) is 0 Å². The van der Waals surface area contributed by atoms with Gasteiger partial charge >= 0.3 is 0 Å². The SMILES string of the molecule is Cc1c2c(nn1C1CCOCC1(C)C)OCC[C@@H](C)Nc1nc(ncc1Cl)N2. The van der Waals surface area contributed by atoms with Crippen LogP contribution in [0.2, 0.25) is 5.02 Å². The summed E-state index contributed by atoms with van der Waals surface area (Å²) in [6.45, 7) is 10.5. The number of nitrogens with zero attached hydrogens (tertiary/aromatic N) is 4. The van der Waals surface area contributed by atoms with Gasteiger partial charge in [0, 0.05) is 24.5 Å². The van der Waals surface area contributed by atoms with Crippen molar-refractivity contribution < 1.29 is 9.47 Å². The molecule has 1 saturated heterocycles. The molecule has 4 heterocycles. The number of hydrogen-bond acceptors (Lipinski definition) is 7. The van der Waals surface area contributed by atoms with E-state index < -0.39 is 0 Å². The number of hydrogen-bond donors (Lipinski definition) is 2. The third-order valence-electron chi connectivity index (χ3n) is 5.48. The van der Waals surface area contributed by atoms with Crippen LogP contribution in [0.3, 0.4) is 0 Å². The van der Waals surface area contributed by atoms with E-state index in [1.807, 2.05) is 6.92 Å². The second kappa shape index (κ2) is 7.40. The minimum Gasteiger partial charge on any atom is -0.475 e. The van der Waals surface area contributed by atoms with E-state index in [0.717, 1.165) is 30.8 Å². The van der Waals surface area contributed by atoms with Crippen LogP contribution < -0.4 is 15.4 Å². The van der Waals surface area contributed by atoms with Crippen LogP contribution in [0.25, 0.3) is 0 Å². The van der Waals surface area contributed by atoms with Crippen molar-refractivity contribution in [3.63, 3.8) is 0 Å². The van der Waals surface area contributed by atoms with Gasteiger partial charge < -0.3 is 20.1 Å². The highest BCUT2D eigenvalue weighted by molar-refractivity contribution is 6.32. The predicted molar refractivity (Wildman–Crippen MR) is 109 cm³/mol. The van der Waals surface area contributed by atoms with Crippen LogP contribution in [0.1, 0.15) is 45.3 Å². The Morgan fingerprint density at radius 3 is 2.89 bits per heavy atom. The Morgan fingerprint density at radius 1 is 1.29 bits per heavy atom. The Labute approximate surface area is 170 Å². The fourth-order valence-corrected chi connectivity index (χ4v) is 3.93. The highest BCUT2D eigenvalue weighted by Crippen LogP contribution is 2.41. The average Bonchev–Trinajstić information content (AvgIpc) is 2.92. The lowest BCUT2D eigenvalue weighted by Gasteiger charge is -2.38. The van der Waals surface area contributed by atoms with Crippen LogP contribution in [0.15, 0.2) is 6.20 Å². The molecule has 0 radical (unpaired) electrons. The van der Waals surface area contributed by atoms with Crippen LogP contribution in [0.4, 0.5) is 17.5 Å². The van der Waals surface area contributed by atoms with Gasteiger partial charge in [0.1, 0.15) is 10.7 Å². The fourth-order valence-electron chi connectivity index (χ4n) is 3.79. The zero-order valence-corrected chi connectivity index (χ0v) is 17.5. The number of aromatic nitrogens is 4. The molecule has 0 spiro atoms. The van der Waals surface area contributed by atoms with Gasteiger partial charge in [0.15, 0.2) is 5.82 Å². The van der Waals surface area contributed by atoms with E-state index in [0.29, 0.717) is 35.9 Å². The molecule has 2 aliphatic heterocycles. The molecule has 0 saturated carbocycles. The summed E-state index contributed by atoms with van der Waals surface area (Å²) in [5.74, 6) is 1.65. The molecule has 2 aromatic rings. The molecule has 8 nitrogen and oxygen atoms in total. The van der Waals surface area contributed by atoms with Gasteiger partial charge in [-0.05, 0) is 20.3 Å². The zero-order chi connectivity index (χ0) is 19.9. The van der Waals surface area contributed by atoms with E-state index in [4.69, 9.17) is 26.2 Å². The summed E-state index contributed by atoms with van der Waals surface area (Å²) in [5, 5.41) is 11.9. The third kappa shape index (κ3) is 3.63. The lowest BCUT2D eigenvalue weighted by molar-refractivity contribution is -0.0301. The molecule has 1 unspecified atom stereocenters. The van der Waals surface area contributed by atoms with Crippen LogP contribution in [-0.2, 0) is 4.74 Å². The van der Waals surface area contributed by atoms with Gasteiger partial charge in [0.25, 0.3) is 5.88 Å². The number of ether oxygens (including phenoxy) is 2. The molecule has 0 aromatic carbocycles. The molecular weight excluding hydrogens is 380 g/mol. The monoisotopic (exact) mass is 406 g/mol. The summed E-state index contributed by atoms with van der Waals surface area (Å²) in [6.07, 6.45) is 3.31. The van der Waals surface area contributed by atoms with E-state index in [1.54, 1.807) is 6.20 Å². The molecule has 2 N–H and O–H groups in total. The maximum Gasteiger partial charge on any atom is 0.257 e.